The second kappa shape index (κ2) is 6.17. The lowest BCUT2D eigenvalue weighted by Gasteiger charge is -2.07. The number of aliphatic hydroxyl groups excluding tert-OH is 1. The largest absolute Gasteiger partial charge is 0.392 e. The fourth-order valence-corrected chi connectivity index (χ4v) is 2.63. The van der Waals surface area contributed by atoms with Gasteiger partial charge in [-0.2, -0.15) is 5.26 Å². The molecule has 2 aromatic carbocycles. The van der Waals surface area contributed by atoms with Crippen molar-refractivity contribution in [3.8, 4) is 22.9 Å². The summed E-state index contributed by atoms with van der Waals surface area (Å²) in [5.41, 5.74) is 9.77. The van der Waals surface area contributed by atoms with Crippen LogP contribution in [0.1, 0.15) is 11.1 Å². The number of nitrogens with two attached hydrogens (primary N) is 1. The van der Waals surface area contributed by atoms with Gasteiger partial charge in [0, 0.05) is 22.5 Å². The Morgan fingerprint density at radius 3 is 2.57 bits per heavy atom. The van der Waals surface area contributed by atoms with Gasteiger partial charge in [0.25, 0.3) is 0 Å². The van der Waals surface area contributed by atoms with Crippen LogP contribution in [0, 0.1) is 11.3 Å². The van der Waals surface area contributed by atoms with E-state index in [1.807, 2.05) is 42.6 Å². The van der Waals surface area contributed by atoms with Gasteiger partial charge in [-0.05, 0) is 35.4 Å². The van der Waals surface area contributed by atoms with E-state index in [1.54, 1.807) is 16.7 Å². The fraction of sp³-hybridized carbons (Fsp3) is 0.0556. The van der Waals surface area contributed by atoms with E-state index in [1.165, 1.54) is 0 Å². The molecule has 0 saturated carbocycles. The average Bonchev–Trinajstić information content (AvgIpc) is 2.92. The maximum Gasteiger partial charge on any atom is 0.126 e. The minimum Gasteiger partial charge on any atom is -0.392 e. The average molecular weight is 324 g/mol. The molecule has 0 radical (unpaired) electrons. The van der Waals surface area contributed by atoms with Crippen LogP contribution in [0.4, 0.5) is 5.82 Å². The van der Waals surface area contributed by atoms with E-state index in [0.29, 0.717) is 16.4 Å². The van der Waals surface area contributed by atoms with Crippen LogP contribution in [0.15, 0.2) is 54.7 Å². The quantitative estimate of drug-likeness (QED) is 0.771. The van der Waals surface area contributed by atoms with Crippen molar-refractivity contribution in [3.05, 3.63) is 70.9 Å². The first-order valence-corrected chi connectivity index (χ1v) is 7.39. The SMILES string of the molecule is N#Cc1c(-c2ccc(Cl)cc2)cn(-c2cccc(CO)c2)c1N. The molecule has 0 aliphatic carbocycles. The molecule has 1 aromatic heterocycles. The topological polar surface area (TPSA) is 75.0 Å². The van der Waals surface area contributed by atoms with Gasteiger partial charge in [-0.25, -0.2) is 0 Å². The number of nitrogens with zero attached hydrogens (tertiary/aromatic N) is 2. The molecule has 0 amide bonds. The lowest BCUT2D eigenvalue weighted by atomic mass is 10.1. The van der Waals surface area contributed by atoms with Crippen LogP contribution < -0.4 is 5.73 Å². The molecule has 0 aliphatic heterocycles. The molecule has 0 spiro atoms. The van der Waals surface area contributed by atoms with E-state index in [4.69, 9.17) is 17.3 Å². The van der Waals surface area contributed by atoms with E-state index in [0.717, 1.165) is 22.4 Å². The minimum atomic E-state index is -0.0514. The molecule has 23 heavy (non-hydrogen) atoms. The lowest BCUT2D eigenvalue weighted by molar-refractivity contribution is 0.282. The van der Waals surface area contributed by atoms with Gasteiger partial charge in [0.2, 0.25) is 0 Å². The van der Waals surface area contributed by atoms with Crippen LogP contribution in [0.5, 0.6) is 0 Å². The zero-order valence-electron chi connectivity index (χ0n) is 12.2. The molecule has 114 valence electrons. The highest BCUT2D eigenvalue weighted by Crippen LogP contribution is 2.32. The normalized spacial score (nSPS) is 10.5. The number of rotatable bonds is 3. The van der Waals surface area contributed by atoms with Gasteiger partial charge in [-0.3, -0.25) is 0 Å². The number of aliphatic hydroxyl groups is 1. The first kappa shape index (κ1) is 15.2. The van der Waals surface area contributed by atoms with Crippen LogP contribution in [0.2, 0.25) is 5.02 Å². The van der Waals surface area contributed by atoms with Gasteiger partial charge >= 0.3 is 0 Å². The van der Waals surface area contributed by atoms with Crippen LogP contribution in [0.25, 0.3) is 16.8 Å². The van der Waals surface area contributed by atoms with Crippen molar-refractivity contribution in [2.45, 2.75) is 6.61 Å². The fourth-order valence-electron chi connectivity index (χ4n) is 2.51. The van der Waals surface area contributed by atoms with Crippen LogP contribution in [0.3, 0.4) is 0 Å². The molecule has 1 heterocycles. The maximum atomic E-state index is 9.47. The molecule has 0 unspecified atom stereocenters. The minimum absolute atomic E-state index is 0.0514. The number of nitriles is 1. The Labute approximate surface area is 139 Å². The van der Waals surface area contributed by atoms with Crippen molar-refractivity contribution in [2.75, 3.05) is 5.73 Å². The van der Waals surface area contributed by atoms with Crippen molar-refractivity contribution in [1.29, 1.82) is 5.26 Å². The summed E-state index contributed by atoms with van der Waals surface area (Å²) in [6.45, 7) is -0.0514. The zero-order chi connectivity index (χ0) is 16.4. The van der Waals surface area contributed by atoms with Crippen molar-refractivity contribution in [2.24, 2.45) is 0 Å². The molecule has 0 bridgehead atoms. The molecule has 0 fully saturated rings. The predicted molar refractivity (Wildman–Crippen MR) is 91.3 cm³/mol. The van der Waals surface area contributed by atoms with E-state index in [9.17, 15) is 10.4 Å². The molecule has 3 N–H and O–H groups in total. The number of hydrogen-bond acceptors (Lipinski definition) is 3. The first-order chi connectivity index (χ1) is 11.1. The number of aromatic nitrogens is 1. The summed E-state index contributed by atoms with van der Waals surface area (Å²) >= 11 is 5.92. The van der Waals surface area contributed by atoms with Crippen molar-refractivity contribution < 1.29 is 5.11 Å². The number of benzene rings is 2. The molecule has 5 heteroatoms. The summed E-state index contributed by atoms with van der Waals surface area (Å²) < 4.78 is 1.75. The Hall–Kier alpha value is -2.74. The second-order valence-electron chi connectivity index (χ2n) is 5.12. The highest BCUT2D eigenvalue weighted by molar-refractivity contribution is 6.30. The molecule has 3 rings (SSSR count). The second-order valence-corrected chi connectivity index (χ2v) is 5.56. The highest BCUT2D eigenvalue weighted by Gasteiger charge is 2.16. The smallest absolute Gasteiger partial charge is 0.126 e. The van der Waals surface area contributed by atoms with Crippen molar-refractivity contribution >= 4 is 17.4 Å². The summed E-state index contributed by atoms with van der Waals surface area (Å²) in [5, 5.41) is 19.4. The molecule has 3 aromatic rings. The van der Waals surface area contributed by atoms with Gasteiger partial charge in [0.05, 0.1) is 6.61 Å². The number of halogens is 1. The lowest BCUT2D eigenvalue weighted by Crippen LogP contribution is -2.00. The van der Waals surface area contributed by atoms with E-state index < -0.39 is 0 Å². The van der Waals surface area contributed by atoms with Gasteiger partial charge in [-0.15, -0.1) is 0 Å². The predicted octanol–water partition coefficient (Wildman–Crippen LogP) is 3.74. The standard InChI is InChI=1S/C18H14ClN3O/c19-14-6-4-13(5-7-14)17-10-22(18(21)16(17)9-20)15-3-1-2-12(8-15)11-23/h1-8,10,23H,11,21H2. The van der Waals surface area contributed by atoms with Crippen molar-refractivity contribution in [1.82, 2.24) is 4.57 Å². The third-order valence-corrected chi connectivity index (χ3v) is 3.93. The monoisotopic (exact) mass is 323 g/mol. The van der Waals surface area contributed by atoms with Gasteiger partial charge < -0.3 is 15.4 Å². The van der Waals surface area contributed by atoms with E-state index in [-0.39, 0.29) is 6.61 Å². The molecular formula is C18H14ClN3O. The Kier molecular flexibility index (Phi) is 4.07. The Balaban J connectivity index is 2.17. The third-order valence-electron chi connectivity index (χ3n) is 3.68. The van der Waals surface area contributed by atoms with Crippen LogP contribution in [-0.4, -0.2) is 9.67 Å². The number of nitrogen functional groups attached to an aromatic ring is 1. The number of hydrogen-bond donors (Lipinski definition) is 2. The van der Waals surface area contributed by atoms with E-state index in [2.05, 4.69) is 6.07 Å². The van der Waals surface area contributed by atoms with Crippen LogP contribution in [-0.2, 0) is 6.61 Å². The Morgan fingerprint density at radius 1 is 1.17 bits per heavy atom. The van der Waals surface area contributed by atoms with Crippen LogP contribution >= 0.6 is 11.6 Å². The summed E-state index contributed by atoms with van der Waals surface area (Å²) in [6.07, 6.45) is 1.83. The van der Waals surface area contributed by atoms with E-state index >= 15 is 0 Å². The third kappa shape index (κ3) is 2.80. The highest BCUT2D eigenvalue weighted by atomic mass is 35.5. The van der Waals surface area contributed by atoms with Gasteiger partial charge in [-0.1, -0.05) is 35.9 Å². The summed E-state index contributed by atoms with van der Waals surface area (Å²) in [7, 11) is 0. The van der Waals surface area contributed by atoms with Gasteiger partial charge in [0.1, 0.15) is 17.5 Å². The summed E-state index contributed by atoms with van der Waals surface area (Å²) in [6, 6.07) is 16.8. The molecular weight excluding hydrogens is 310 g/mol. The van der Waals surface area contributed by atoms with Gasteiger partial charge in [0.15, 0.2) is 0 Å². The molecule has 4 nitrogen and oxygen atoms in total. The number of anilines is 1. The molecule has 0 atom stereocenters. The molecule has 0 aliphatic rings. The Morgan fingerprint density at radius 2 is 1.91 bits per heavy atom. The Bertz CT molecular complexity index is 892. The zero-order valence-corrected chi connectivity index (χ0v) is 13.0. The molecule has 0 saturated heterocycles. The van der Waals surface area contributed by atoms with Crippen molar-refractivity contribution in [3.63, 3.8) is 0 Å². The summed E-state index contributed by atoms with van der Waals surface area (Å²) in [5.74, 6) is 0.368. The summed E-state index contributed by atoms with van der Waals surface area (Å²) in [4.78, 5) is 0. The maximum absolute atomic E-state index is 9.47. The first-order valence-electron chi connectivity index (χ1n) is 7.01.